The summed E-state index contributed by atoms with van der Waals surface area (Å²) in [6, 6.07) is 10.3. The van der Waals surface area contributed by atoms with E-state index < -0.39 is 12.1 Å². The van der Waals surface area contributed by atoms with Crippen LogP contribution in [0.3, 0.4) is 0 Å². The number of benzene rings is 1. The summed E-state index contributed by atoms with van der Waals surface area (Å²) in [6.07, 6.45) is -0.971. The molecule has 1 N–H and O–H groups in total. The molecular weight excluding hydrogens is 340 g/mol. The molecule has 25 heavy (non-hydrogen) atoms. The van der Waals surface area contributed by atoms with Crippen LogP contribution in [0.25, 0.3) is 0 Å². The van der Waals surface area contributed by atoms with Crippen LogP contribution >= 0.6 is 11.8 Å². The van der Waals surface area contributed by atoms with Gasteiger partial charge in [-0.1, -0.05) is 50.4 Å². The first-order valence-electron chi connectivity index (χ1n) is 8.00. The maximum atomic E-state index is 11.2. The van der Waals surface area contributed by atoms with E-state index in [2.05, 4.69) is 32.2 Å². The number of carbonyl (C=O) groups is 1. The maximum absolute atomic E-state index is 11.2. The molecule has 1 aromatic rings. The van der Waals surface area contributed by atoms with Gasteiger partial charge in [-0.05, 0) is 18.4 Å². The van der Waals surface area contributed by atoms with Crippen molar-refractivity contribution in [1.82, 2.24) is 0 Å². The lowest BCUT2D eigenvalue weighted by Gasteiger charge is -2.13. The second-order valence-corrected chi connectivity index (χ2v) is 6.80. The van der Waals surface area contributed by atoms with Crippen molar-refractivity contribution in [3.8, 4) is 0 Å². The summed E-state index contributed by atoms with van der Waals surface area (Å²) in [5.41, 5.74) is 1.57. The Morgan fingerprint density at radius 2 is 1.92 bits per heavy atom. The quantitative estimate of drug-likeness (QED) is 0.201. The zero-order valence-electron chi connectivity index (χ0n) is 14.8. The standard InChI is InChI=1S/C19H26O5S/c1-14(2)19(21)22-10-18(20)11-23-24-16(4)13-25-12-15(3)17-8-6-5-7-9-17/h5-9,15,18,20H,1,4,10-13H2,2-3H3. The molecule has 1 aromatic carbocycles. The number of ether oxygens (including phenoxy) is 1. The van der Waals surface area contributed by atoms with Gasteiger partial charge in [0.1, 0.15) is 25.1 Å². The van der Waals surface area contributed by atoms with Gasteiger partial charge in [0.15, 0.2) is 0 Å². The molecule has 2 atom stereocenters. The van der Waals surface area contributed by atoms with Crippen LogP contribution in [0.1, 0.15) is 25.3 Å². The number of hydrogen-bond acceptors (Lipinski definition) is 6. The third-order valence-electron chi connectivity index (χ3n) is 3.19. The Kier molecular flexibility index (Phi) is 9.99. The minimum absolute atomic E-state index is 0.117. The second-order valence-electron chi connectivity index (χ2n) is 5.77. The van der Waals surface area contributed by atoms with Crippen molar-refractivity contribution in [2.45, 2.75) is 25.9 Å². The first-order chi connectivity index (χ1) is 11.9. The van der Waals surface area contributed by atoms with Crippen LogP contribution < -0.4 is 0 Å². The molecule has 0 saturated carbocycles. The lowest BCUT2D eigenvalue weighted by atomic mass is 10.0. The predicted octanol–water partition coefficient (Wildman–Crippen LogP) is 3.47. The Morgan fingerprint density at radius 3 is 2.56 bits per heavy atom. The van der Waals surface area contributed by atoms with Crippen LogP contribution in [0, 0.1) is 0 Å². The summed E-state index contributed by atoms with van der Waals surface area (Å²) in [5, 5.41) is 9.62. The minimum Gasteiger partial charge on any atom is -0.459 e. The zero-order valence-corrected chi connectivity index (χ0v) is 15.6. The van der Waals surface area contributed by atoms with Gasteiger partial charge in [-0.15, -0.1) is 0 Å². The smallest absolute Gasteiger partial charge is 0.333 e. The van der Waals surface area contributed by atoms with Crippen molar-refractivity contribution in [3.05, 3.63) is 60.4 Å². The number of aliphatic hydroxyl groups excluding tert-OH is 1. The number of aliphatic hydroxyl groups is 1. The molecule has 0 amide bonds. The van der Waals surface area contributed by atoms with E-state index in [-0.39, 0.29) is 18.8 Å². The third kappa shape index (κ3) is 9.34. The Morgan fingerprint density at radius 1 is 1.24 bits per heavy atom. The molecule has 0 saturated heterocycles. The largest absolute Gasteiger partial charge is 0.459 e. The van der Waals surface area contributed by atoms with Crippen LogP contribution in [0.15, 0.2) is 54.8 Å². The number of thioether (sulfide) groups is 1. The van der Waals surface area contributed by atoms with Crippen molar-refractivity contribution in [2.75, 3.05) is 24.7 Å². The van der Waals surface area contributed by atoms with Gasteiger partial charge in [-0.3, -0.25) is 0 Å². The molecule has 6 heteroatoms. The molecule has 0 aliphatic carbocycles. The fourth-order valence-corrected chi connectivity index (χ4v) is 2.73. The Hall–Kier alpha value is -1.76. The monoisotopic (exact) mass is 366 g/mol. The highest BCUT2D eigenvalue weighted by atomic mass is 32.2. The average Bonchev–Trinajstić information content (AvgIpc) is 2.60. The fourth-order valence-electron chi connectivity index (χ4n) is 1.79. The highest BCUT2D eigenvalue weighted by molar-refractivity contribution is 7.99. The van der Waals surface area contributed by atoms with Crippen molar-refractivity contribution in [2.24, 2.45) is 0 Å². The van der Waals surface area contributed by atoms with Gasteiger partial charge >= 0.3 is 5.97 Å². The summed E-state index contributed by atoms with van der Waals surface area (Å²) >= 11 is 1.69. The zero-order chi connectivity index (χ0) is 18.7. The summed E-state index contributed by atoms with van der Waals surface area (Å²) in [6.45, 7) is 10.6. The SMILES string of the molecule is C=C(CSCC(C)c1ccccc1)OOCC(O)COC(=O)C(=C)C. The van der Waals surface area contributed by atoms with E-state index in [0.29, 0.717) is 17.4 Å². The number of carbonyl (C=O) groups excluding carboxylic acids is 1. The molecule has 0 fully saturated rings. The Labute approximate surface area is 153 Å². The van der Waals surface area contributed by atoms with Crippen molar-refractivity contribution < 1.29 is 24.4 Å². The molecule has 0 radical (unpaired) electrons. The normalized spacial score (nSPS) is 12.9. The second kappa shape index (κ2) is 11.7. The van der Waals surface area contributed by atoms with Gasteiger partial charge in [-0.2, -0.15) is 16.6 Å². The van der Waals surface area contributed by atoms with Gasteiger partial charge in [-0.25, -0.2) is 4.79 Å². The van der Waals surface area contributed by atoms with E-state index in [1.807, 2.05) is 18.2 Å². The number of hydrogen-bond donors (Lipinski definition) is 1. The van der Waals surface area contributed by atoms with E-state index in [4.69, 9.17) is 14.5 Å². The molecule has 0 aromatic heterocycles. The van der Waals surface area contributed by atoms with Crippen LogP contribution in [0.2, 0.25) is 0 Å². The Balaban J connectivity index is 2.10. The molecule has 0 spiro atoms. The maximum Gasteiger partial charge on any atom is 0.333 e. The van der Waals surface area contributed by atoms with E-state index in [1.165, 1.54) is 12.5 Å². The third-order valence-corrected chi connectivity index (χ3v) is 4.45. The highest BCUT2D eigenvalue weighted by Crippen LogP contribution is 2.21. The van der Waals surface area contributed by atoms with Crippen LogP contribution in [-0.4, -0.2) is 41.9 Å². The van der Waals surface area contributed by atoms with Crippen LogP contribution in [-0.2, 0) is 19.3 Å². The summed E-state index contributed by atoms with van der Waals surface area (Å²) in [7, 11) is 0. The van der Waals surface area contributed by atoms with E-state index in [9.17, 15) is 9.90 Å². The van der Waals surface area contributed by atoms with E-state index in [0.717, 1.165) is 5.75 Å². The average molecular weight is 366 g/mol. The lowest BCUT2D eigenvalue weighted by molar-refractivity contribution is -0.275. The van der Waals surface area contributed by atoms with E-state index >= 15 is 0 Å². The fraction of sp³-hybridized carbons (Fsp3) is 0.421. The molecule has 0 bridgehead atoms. The topological polar surface area (TPSA) is 65.0 Å². The number of rotatable bonds is 12. The molecular formula is C19H26O5S. The van der Waals surface area contributed by atoms with Crippen molar-refractivity contribution in [1.29, 1.82) is 0 Å². The molecule has 1 rings (SSSR count). The first kappa shape index (κ1) is 21.3. The van der Waals surface area contributed by atoms with Gasteiger partial charge in [0.25, 0.3) is 0 Å². The predicted molar refractivity (Wildman–Crippen MR) is 100 cm³/mol. The molecule has 2 unspecified atom stereocenters. The Bertz CT molecular complexity index is 558. The highest BCUT2D eigenvalue weighted by Gasteiger charge is 2.11. The van der Waals surface area contributed by atoms with Crippen molar-refractivity contribution in [3.63, 3.8) is 0 Å². The molecule has 0 aliphatic heterocycles. The van der Waals surface area contributed by atoms with Gasteiger partial charge in [0.2, 0.25) is 0 Å². The van der Waals surface area contributed by atoms with Crippen molar-refractivity contribution >= 4 is 17.7 Å². The molecule has 138 valence electrons. The van der Waals surface area contributed by atoms with Gasteiger partial charge in [0, 0.05) is 11.3 Å². The molecule has 0 aliphatic rings. The van der Waals surface area contributed by atoms with Gasteiger partial charge < -0.3 is 14.7 Å². The first-order valence-corrected chi connectivity index (χ1v) is 9.16. The van der Waals surface area contributed by atoms with Crippen LogP contribution in [0.4, 0.5) is 0 Å². The lowest BCUT2D eigenvalue weighted by Crippen LogP contribution is -2.24. The van der Waals surface area contributed by atoms with Crippen LogP contribution in [0.5, 0.6) is 0 Å². The molecule has 5 nitrogen and oxygen atoms in total. The minimum atomic E-state index is -0.971. The summed E-state index contributed by atoms with van der Waals surface area (Å²) in [5.74, 6) is 1.89. The molecule has 0 heterocycles. The summed E-state index contributed by atoms with van der Waals surface area (Å²) < 4.78 is 4.81. The summed E-state index contributed by atoms with van der Waals surface area (Å²) in [4.78, 5) is 21.1. The number of esters is 1. The van der Waals surface area contributed by atoms with E-state index in [1.54, 1.807) is 11.8 Å². The van der Waals surface area contributed by atoms with Gasteiger partial charge in [0.05, 0.1) is 5.75 Å².